The highest BCUT2D eigenvalue weighted by molar-refractivity contribution is 6.12. The van der Waals surface area contributed by atoms with Crippen molar-refractivity contribution in [3.8, 4) is 11.4 Å². The molecule has 0 radical (unpaired) electrons. The van der Waals surface area contributed by atoms with Crippen molar-refractivity contribution in [2.24, 2.45) is 5.73 Å². The Hall–Kier alpha value is -3.30. The Morgan fingerprint density at radius 2 is 1.81 bits per heavy atom. The summed E-state index contributed by atoms with van der Waals surface area (Å²) < 4.78 is 41.9. The minimum Gasteiger partial charge on any atom is -0.508 e. The van der Waals surface area contributed by atoms with E-state index in [4.69, 9.17) is 11.5 Å². The minimum absolute atomic E-state index is 0.0840. The molecule has 0 aliphatic heterocycles. The third-order valence-electron chi connectivity index (χ3n) is 4.30. The van der Waals surface area contributed by atoms with Crippen LogP contribution in [0.5, 0.6) is 5.75 Å². The van der Waals surface area contributed by atoms with Gasteiger partial charge in [-0.05, 0) is 32.4 Å². The number of phenols is 1. The van der Waals surface area contributed by atoms with Gasteiger partial charge in [0.2, 0.25) is 0 Å². The number of hydrogen-bond donors (Lipinski definition) is 3. The van der Waals surface area contributed by atoms with E-state index in [2.05, 4.69) is 9.97 Å². The minimum atomic E-state index is -4.85. The number of aromatic nitrogens is 3. The Kier molecular flexibility index (Phi) is 4.01. The number of nitrogen functional groups attached to an aromatic ring is 1. The number of carbonyl (C=O) groups is 1. The van der Waals surface area contributed by atoms with Gasteiger partial charge in [0.05, 0.1) is 16.6 Å². The first-order valence-corrected chi connectivity index (χ1v) is 7.80. The van der Waals surface area contributed by atoms with Gasteiger partial charge < -0.3 is 16.6 Å². The van der Waals surface area contributed by atoms with Crippen molar-refractivity contribution in [1.29, 1.82) is 0 Å². The average molecular weight is 379 g/mol. The molecule has 5 N–H and O–H groups in total. The van der Waals surface area contributed by atoms with Gasteiger partial charge in [-0.25, -0.2) is 9.97 Å². The highest BCUT2D eigenvalue weighted by Crippen LogP contribution is 2.40. The summed E-state index contributed by atoms with van der Waals surface area (Å²) in [5.74, 6) is -1.68. The molecule has 0 fully saturated rings. The molecule has 27 heavy (non-hydrogen) atoms. The summed E-state index contributed by atoms with van der Waals surface area (Å²) >= 11 is 0. The Morgan fingerprint density at radius 3 is 2.37 bits per heavy atom. The quantitative estimate of drug-likeness (QED) is 0.632. The lowest BCUT2D eigenvalue weighted by Gasteiger charge is -2.15. The zero-order valence-electron chi connectivity index (χ0n) is 14.6. The number of primary amides is 1. The molecule has 1 amide bonds. The maximum atomic E-state index is 13.6. The molecule has 0 aliphatic carbocycles. The number of halogens is 3. The molecule has 7 nitrogen and oxygen atoms in total. The summed E-state index contributed by atoms with van der Waals surface area (Å²) in [4.78, 5) is 19.5. The lowest BCUT2D eigenvalue weighted by Crippen LogP contribution is -2.16. The van der Waals surface area contributed by atoms with E-state index < -0.39 is 28.7 Å². The predicted octanol–water partition coefficient (Wildman–Crippen LogP) is 2.75. The Balaban J connectivity index is 2.62. The smallest absolute Gasteiger partial charge is 0.434 e. The first-order valence-electron chi connectivity index (χ1n) is 7.80. The van der Waals surface area contributed by atoms with Crippen LogP contribution in [-0.4, -0.2) is 25.5 Å². The molecule has 1 aromatic carbocycles. The summed E-state index contributed by atoms with van der Waals surface area (Å²) in [6.07, 6.45) is -4.85. The van der Waals surface area contributed by atoms with Crippen molar-refractivity contribution in [1.82, 2.24) is 14.5 Å². The lowest BCUT2D eigenvalue weighted by molar-refractivity contribution is -0.139. The number of carbonyl (C=O) groups excluding carboxylic acids is 1. The lowest BCUT2D eigenvalue weighted by atomic mass is 10.1. The van der Waals surface area contributed by atoms with Crippen LogP contribution in [0.25, 0.3) is 16.7 Å². The van der Waals surface area contributed by atoms with Crippen LogP contribution >= 0.6 is 0 Å². The molecule has 10 heteroatoms. The van der Waals surface area contributed by atoms with Crippen LogP contribution in [0.15, 0.2) is 12.1 Å². The standard InChI is InChI=1S/C17H16F3N5O2/c1-6-4-5-9(26)7(2)12(6)25-14(21)11(15(22)27)10-13(17(18,19)20)23-8(3)24-16(10)25/h4-5,26H,21H2,1-3H3,(H2,22,27). The van der Waals surface area contributed by atoms with Gasteiger partial charge in [0.25, 0.3) is 5.91 Å². The average Bonchev–Trinajstić information content (AvgIpc) is 2.82. The van der Waals surface area contributed by atoms with Gasteiger partial charge in [-0.3, -0.25) is 9.36 Å². The number of nitrogens with two attached hydrogens (primary N) is 2. The molecule has 0 unspecified atom stereocenters. The normalized spacial score (nSPS) is 11.9. The van der Waals surface area contributed by atoms with Crippen LogP contribution in [-0.2, 0) is 6.18 Å². The maximum absolute atomic E-state index is 13.6. The highest BCUT2D eigenvalue weighted by atomic mass is 19.4. The van der Waals surface area contributed by atoms with Gasteiger partial charge in [-0.15, -0.1) is 0 Å². The number of aryl methyl sites for hydroxylation is 2. The van der Waals surface area contributed by atoms with Gasteiger partial charge >= 0.3 is 6.18 Å². The number of amides is 1. The zero-order chi connectivity index (χ0) is 20.3. The fraction of sp³-hybridized carbons (Fsp3) is 0.235. The van der Waals surface area contributed by atoms with Crippen molar-refractivity contribution in [2.45, 2.75) is 26.9 Å². The third-order valence-corrected chi connectivity index (χ3v) is 4.30. The first-order chi connectivity index (χ1) is 12.4. The summed E-state index contributed by atoms with van der Waals surface area (Å²) in [5, 5.41) is 9.48. The second kappa shape index (κ2) is 5.86. The maximum Gasteiger partial charge on any atom is 0.434 e. The van der Waals surface area contributed by atoms with E-state index >= 15 is 0 Å². The predicted molar refractivity (Wildman–Crippen MR) is 92.7 cm³/mol. The van der Waals surface area contributed by atoms with Crippen molar-refractivity contribution in [3.63, 3.8) is 0 Å². The largest absolute Gasteiger partial charge is 0.508 e. The van der Waals surface area contributed by atoms with Crippen molar-refractivity contribution >= 4 is 22.8 Å². The summed E-state index contributed by atoms with van der Waals surface area (Å²) in [6.45, 7) is 4.57. The molecule has 3 rings (SSSR count). The van der Waals surface area contributed by atoms with E-state index in [0.29, 0.717) is 16.8 Å². The fourth-order valence-corrected chi connectivity index (χ4v) is 3.15. The van der Waals surface area contributed by atoms with Gasteiger partial charge in [0, 0.05) is 5.56 Å². The second-order valence-electron chi connectivity index (χ2n) is 6.15. The number of anilines is 1. The molecule has 3 aromatic rings. The Morgan fingerprint density at radius 1 is 1.19 bits per heavy atom. The van der Waals surface area contributed by atoms with Gasteiger partial charge in [-0.1, -0.05) is 6.07 Å². The zero-order valence-corrected chi connectivity index (χ0v) is 14.6. The van der Waals surface area contributed by atoms with E-state index in [9.17, 15) is 23.1 Å². The van der Waals surface area contributed by atoms with Gasteiger partial charge in [0.1, 0.15) is 17.4 Å². The number of rotatable bonds is 2. The first kappa shape index (κ1) is 18.5. The molecule has 0 spiro atoms. The Labute approximate surface area is 151 Å². The number of aromatic hydroxyl groups is 1. The molecular formula is C17H16F3N5O2. The summed E-state index contributed by atoms with van der Waals surface area (Å²) in [6, 6.07) is 3.03. The third kappa shape index (κ3) is 2.73. The van der Waals surface area contributed by atoms with Crippen LogP contribution in [0.2, 0.25) is 0 Å². The molecule has 0 atom stereocenters. The van der Waals surface area contributed by atoms with Crippen LogP contribution < -0.4 is 11.5 Å². The molecule has 2 heterocycles. The van der Waals surface area contributed by atoms with E-state index in [1.807, 2.05) is 0 Å². The summed E-state index contributed by atoms with van der Waals surface area (Å²) in [7, 11) is 0. The van der Waals surface area contributed by atoms with Crippen molar-refractivity contribution < 1.29 is 23.1 Å². The number of hydrogen-bond acceptors (Lipinski definition) is 5. The SMILES string of the molecule is Cc1nc(C(F)(F)F)c2c(C(N)=O)c(N)n(-c3c(C)ccc(O)c3C)c2n1. The van der Waals surface area contributed by atoms with Crippen molar-refractivity contribution in [3.05, 3.63) is 40.3 Å². The molecule has 0 aliphatic rings. The molecule has 0 bridgehead atoms. The van der Waals surface area contributed by atoms with E-state index in [0.717, 1.165) is 0 Å². The van der Waals surface area contributed by atoms with E-state index in [-0.39, 0.29) is 23.0 Å². The number of fused-ring (bicyclic) bond motifs is 1. The van der Waals surface area contributed by atoms with Crippen LogP contribution in [0, 0.1) is 20.8 Å². The Bertz CT molecular complexity index is 1100. The van der Waals surface area contributed by atoms with Gasteiger partial charge in [0.15, 0.2) is 11.3 Å². The number of nitrogens with zero attached hydrogens (tertiary/aromatic N) is 3. The van der Waals surface area contributed by atoms with Crippen molar-refractivity contribution in [2.75, 3.05) is 5.73 Å². The van der Waals surface area contributed by atoms with Crippen LogP contribution in [0.4, 0.5) is 19.0 Å². The molecule has 142 valence electrons. The molecule has 0 saturated heterocycles. The monoisotopic (exact) mass is 379 g/mol. The van der Waals surface area contributed by atoms with Crippen LogP contribution in [0.1, 0.15) is 33.0 Å². The van der Waals surface area contributed by atoms with Crippen LogP contribution in [0.3, 0.4) is 0 Å². The highest BCUT2D eigenvalue weighted by Gasteiger charge is 2.39. The fourth-order valence-electron chi connectivity index (χ4n) is 3.15. The number of phenolic OH excluding ortho intramolecular Hbond substituents is 1. The number of benzene rings is 1. The summed E-state index contributed by atoms with van der Waals surface area (Å²) in [5.41, 5.74) is 10.6. The molecular weight excluding hydrogens is 363 g/mol. The topological polar surface area (TPSA) is 120 Å². The van der Waals surface area contributed by atoms with Gasteiger partial charge in [-0.2, -0.15) is 13.2 Å². The molecule has 2 aromatic heterocycles. The molecule has 0 saturated carbocycles. The van der Waals surface area contributed by atoms with E-state index in [1.54, 1.807) is 19.9 Å². The number of alkyl halides is 3. The second-order valence-corrected chi connectivity index (χ2v) is 6.15. The van der Waals surface area contributed by atoms with E-state index in [1.165, 1.54) is 17.6 Å².